The zero-order chi connectivity index (χ0) is 39.6. The molecule has 0 saturated carbocycles. The van der Waals surface area contributed by atoms with E-state index in [0.29, 0.717) is 0 Å². The molecule has 12 rings (SSSR count). The molecule has 2 N–H and O–H groups in total. The molecule has 4 heteroatoms. The average molecular weight is 770 g/mol. The van der Waals surface area contributed by atoms with E-state index in [1.807, 2.05) is 0 Å². The summed E-state index contributed by atoms with van der Waals surface area (Å²) in [4.78, 5) is 0. The van der Waals surface area contributed by atoms with E-state index in [0.717, 1.165) is 22.4 Å². The summed E-state index contributed by atoms with van der Waals surface area (Å²) in [6, 6.07) is 79.7. The smallest absolute Gasteiger partial charge is 0.0814 e. The average Bonchev–Trinajstić information content (AvgIpc) is 3.84. The predicted molar refractivity (Wildman–Crippen MR) is 246 cm³/mol. The topological polar surface area (TPSA) is 43.1 Å². The third kappa shape index (κ3) is 5.22. The van der Waals surface area contributed by atoms with Crippen LogP contribution in [0.5, 0.6) is 0 Å². The third-order valence-electron chi connectivity index (χ3n) is 12.9. The Kier molecular flexibility index (Phi) is 8.17. The number of benzene rings is 9. The first-order valence-electron chi connectivity index (χ1n) is 20.9. The minimum atomic E-state index is -0.552. The normalized spacial score (nSPS) is 18.1. The van der Waals surface area contributed by atoms with Crippen molar-refractivity contribution in [1.29, 1.82) is 0 Å². The van der Waals surface area contributed by atoms with Crippen LogP contribution >= 0.6 is 0 Å². The fourth-order valence-electron chi connectivity index (χ4n) is 10.4. The van der Waals surface area contributed by atoms with Gasteiger partial charge in [-0.3, -0.25) is 0 Å². The molecule has 9 aromatic carbocycles. The molecule has 60 heavy (non-hydrogen) atoms. The molecule has 0 spiro atoms. The van der Waals surface area contributed by atoms with Gasteiger partial charge in [0.15, 0.2) is 0 Å². The Morgan fingerprint density at radius 2 is 0.933 bits per heavy atom. The molecule has 2 unspecified atom stereocenters. The van der Waals surface area contributed by atoms with Gasteiger partial charge in [-0.05, 0) is 62.5 Å². The lowest BCUT2D eigenvalue weighted by Crippen LogP contribution is -2.44. The number of fused-ring (bicyclic) bond motifs is 10. The second-order valence-electron chi connectivity index (χ2n) is 16.0. The lowest BCUT2D eigenvalue weighted by atomic mass is 9.66. The minimum Gasteiger partial charge on any atom is -0.624 e. The zero-order valence-electron chi connectivity index (χ0n) is 32.9. The summed E-state index contributed by atoms with van der Waals surface area (Å²) in [7, 11) is 0. The van der Waals surface area contributed by atoms with Crippen molar-refractivity contribution in [1.82, 2.24) is 15.2 Å². The molecule has 1 aliphatic carbocycles. The van der Waals surface area contributed by atoms with Crippen LogP contribution in [0.4, 0.5) is 0 Å². The van der Waals surface area contributed by atoms with Gasteiger partial charge in [-0.25, -0.2) is 0 Å². The van der Waals surface area contributed by atoms with Crippen LogP contribution in [0.15, 0.2) is 218 Å². The summed E-state index contributed by atoms with van der Waals surface area (Å²) < 4.78 is 2.51. The third-order valence-corrected chi connectivity index (χ3v) is 12.9. The minimum absolute atomic E-state index is 0.120. The van der Waals surface area contributed by atoms with Gasteiger partial charge in [0.25, 0.3) is 0 Å². The number of hydrogen-bond acceptors (Lipinski definition) is 2. The van der Waals surface area contributed by atoms with Crippen molar-refractivity contribution in [3.63, 3.8) is 0 Å². The molecular formula is C56H41N4-. The van der Waals surface area contributed by atoms with Crippen LogP contribution in [-0.2, 0) is 5.41 Å². The maximum Gasteiger partial charge on any atom is 0.0814 e. The van der Waals surface area contributed by atoms with E-state index in [9.17, 15) is 0 Å². The maximum atomic E-state index is 5.23. The fourth-order valence-corrected chi connectivity index (χ4v) is 10.4. The van der Waals surface area contributed by atoms with Crippen LogP contribution < -0.4 is 10.6 Å². The number of para-hydroxylation sites is 1. The van der Waals surface area contributed by atoms with E-state index in [1.165, 1.54) is 66.0 Å². The van der Waals surface area contributed by atoms with Crippen molar-refractivity contribution in [2.75, 3.05) is 0 Å². The second kappa shape index (κ2) is 14.0. The van der Waals surface area contributed by atoms with Gasteiger partial charge in [0, 0.05) is 21.8 Å². The summed E-state index contributed by atoms with van der Waals surface area (Å²) in [5, 5.41) is 17.9. The standard InChI is InChI=1S/C56H41N4/c1-5-19-37(20-6-1)53-57-54(38-21-7-2-8-22-38)59-55(58-53)39-33-35-42(36-34-39)60-48-32-18-16-30-46(48)50-51-49(43-27-13-14-28-44(43)52(50)60)45-29-15-17-31-47(45)56(51,40-23-9-3-10-24-40)41-25-11-4-12-26-41/h1-36,53-55,58-59H/q-1. The monoisotopic (exact) mass is 769 g/mol. The highest BCUT2D eigenvalue weighted by Gasteiger charge is 2.48. The first-order valence-corrected chi connectivity index (χ1v) is 20.9. The molecule has 1 saturated heterocycles. The van der Waals surface area contributed by atoms with E-state index in [-0.39, 0.29) is 18.5 Å². The number of aromatic nitrogens is 1. The molecule has 0 bridgehead atoms. The van der Waals surface area contributed by atoms with Gasteiger partial charge in [-0.2, -0.15) is 0 Å². The van der Waals surface area contributed by atoms with Crippen molar-refractivity contribution in [2.45, 2.75) is 23.9 Å². The van der Waals surface area contributed by atoms with E-state index in [2.05, 4.69) is 234 Å². The molecule has 1 fully saturated rings. The Morgan fingerprint density at radius 1 is 0.433 bits per heavy atom. The number of rotatable bonds is 6. The van der Waals surface area contributed by atoms with Gasteiger partial charge in [0.05, 0.1) is 22.6 Å². The van der Waals surface area contributed by atoms with E-state index in [1.54, 1.807) is 0 Å². The second-order valence-corrected chi connectivity index (χ2v) is 16.0. The first-order chi connectivity index (χ1) is 29.8. The highest BCUT2D eigenvalue weighted by Crippen LogP contribution is 2.61. The molecule has 1 aromatic heterocycles. The summed E-state index contributed by atoms with van der Waals surface area (Å²) in [5.41, 5.74) is 14.2. The molecule has 0 amide bonds. The molecule has 2 aliphatic rings. The Hall–Kier alpha value is -7.08. The summed E-state index contributed by atoms with van der Waals surface area (Å²) >= 11 is 0. The van der Waals surface area contributed by atoms with Crippen LogP contribution in [0.25, 0.3) is 54.7 Å². The van der Waals surface area contributed by atoms with Crippen LogP contribution in [0, 0.1) is 0 Å². The van der Waals surface area contributed by atoms with Gasteiger partial charge in [-0.15, -0.1) is 0 Å². The molecule has 1 aliphatic heterocycles. The zero-order valence-corrected chi connectivity index (χ0v) is 32.9. The Morgan fingerprint density at radius 3 is 1.55 bits per heavy atom. The van der Waals surface area contributed by atoms with Crippen molar-refractivity contribution in [3.05, 3.63) is 263 Å². The maximum absolute atomic E-state index is 5.23. The lowest BCUT2D eigenvalue weighted by Gasteiger charge is -2.50. The number of nitrogens with one attached hydrogen (secondary N) is 2. The predicted octanol–water partition coefficient (Wildman–Crippen LogP) is 13.3. The van der Waals surface area contributed by atoms with Crippen molar-refractivity contribution in [2.24, 2.45) is 0 Å². The quantitative estimate of drug-likeness (QED) is 0.177. The highest BCUT2D eigenvalue weighted by atomic mass is 15.4. The summed E-state index contributed by atoms with van der Waals surface area (Å²) in [6.45, 7) is 0. The van der Waals surface area contributed by atoms with Crippen molar-refractivity contribution >= 4 is 32.6 Å². The molecule has 2 heterocycles. The number of hydrogen-bond donors (Lipinski definition) is 2. The van der Waals surface area contributed by atoms with Gasteiger partial charge in [0.1, 0.15) is 0 Å². The Labute approximate surface area is 349 Å². The summed E-state index contributed by atoms with van der Waals surface area (Å²) in [6.07, 6.45) is -0.441. The number of nitrogens with zero attached hydrogens (tertiary/aromatic N) is 2. The highest BCUT2D eigenvalue weighted by molar-refractivity contribution is 6.26. The molecule has 2 atom stereocenters. The molecular weight excluding hydrogens is 729 g/mol. The lowest BCUT2D eigenvalue weighted by molar-refractivity contribution is 0.316. The van der Waals surface area contributed by atoms with Crippen molar-refractivity contribution < 1.29 is 0 Å². The van der Waals surface area contributed by atoms with Crippen LogP contribution in [-0.4, -0.2) is 4.57 Å². The van der Waals surface area contributed by atoms with Crippen LogP contribution in [0.2, 0.25) is 0 Å². The molecule has 10 aromatic rings. The van der Waals surface area contributed by atoms with Gasteiger partial charge < -0.3 is 20.5 Å². The van der Waals surface area contributed by atoms with E-state index >= 15 is 0 Å². The molecule has 0 radical (unpaired) electrons. The van der Waals surface area contributed by atoms with Gasteiger partial charge in [-0.1, -0.05) is 224 Å². The Bertz CT molecular complexity index is 3090. The summed E-state index contributed by atoms with van der Waals surface area (Å²) in [5.74, 6) is 0. The molecule has 4 nitrogen and oxygen atoms in total. The fraction of sp³-hybridized carbons (Fsp3) is 0.0714. The van der Waals surface area contributed by atoms with Gasteiger partial charge >= 0.3 is 0 Å². The largest absolute Gasteiger partial charge is 0.624 e. The van der Waals surface area contributed by atoms with E-state index < -0.39 is 5.41 Å². The van der Waals surface area contributed by atoms with Gasteiger partial charge in [0.2, 0.25) is 0 Å². The van der Waals surface area contributed by atoms with E-state index in [4.69, 9.17) is 5.32 Å². The Balaban J connectivity index is 1.10. The first kappa shape index (κ1) is 34.9. The van der Waals surface area contributed by atoms with Crippen LogP contribution in [0.1, 0.15) is 57.4 Å². The van der Waals surface area contributed by atoms with Crippen LogP contribution in [0.3, 0.4) is 0 Å². The molecule has 286 valence electrons. The van der Waals surface area contributed by atoms with Crippen molar-refractivity contribution in [3.8, 4) is 16.8 Å². The SMILES string of the molecule is c1ccc(C2[N-]C(c3ccccc3)NC(c3ccc(-n4c5ccccc5c5c6c(c7ccccc7c54)-c4ccccc4C6(c4ccccc4)c4ccccc4)cc3)N2)cc1.